The van der Waals surface area contributed by atoms with E-state index in [0.717, 1.165) is 52.7 Å². The van der Waals surface area contributed by atoms with Crippen molar-refractivity contribution in [2.45, 2.75) is 19.4 Å². The highest BCUT2D eigenvalue weighted by molar-refractivity contribution is 7.22. The molecule has 8 heteroatoms. The zero-order chi connectivity index (χ0) is 18.9. The quantitative estimate of drug-likeness (QED) is 0.495. The average Bonchev–Trinajstić information content (AvgIpc) is 3.38. The molecule has 1 saturated heterocycles. The molecule has 1 aromatic carbocycles. The average molecular weight is 411 g/mol. The Bertz CT molecular complexity index is 1080. The van der Waals surface area contributed by atoms with E-state index >= 15 is 0 Å². The van der Waals surface area contributed by atoms with Gasteiger partial charge in [0, 0.05) is 29.5 Å². The van der Waals surface area contributed by atoms with Crippen molar-refractivity contribution in [2.24, 2.45) is 5.92 Å². The molecule has 0 bridgehead atoms. The fourth-order valence-corrected chi connectivity index (χ4v) is 5.08. The molecule has 3 aromatic heterocycles. The van der Waals surface area contributed by atoms with Crippen LogP contribution in [0.15, 0.2) is 49.3 Å². The van der Waals surface area contributed by atoms with E-state index in [0.29, 0.717) is 5.92 Å². The summed E-state index contributed by atoms with van der Waals surface area (Å²) in [6.07, 6.45) is 7.42. The first-order valence-electron chi connectivity index (χ1n) is 9.34. The number of hydrogen-bond acceptors (Lipinski definition) is 6. The molecule has 0 aliphatic carbocycles. The molecule has 0 N–H and O–H groups in total. The highest BCUT2D eigenvalue weighted by atomic mass is 35.5. The minimum Gasteiger partial charge on any atom is -0.355 e. The molecule has 1 atom stereocenters. The summed E-state index contributed by atoms with van der Waals surface area (Å²) in [5.74, 6) is 1.58. The number of aromatic nitrogens is 5. The number of nitrogens with zero attached hydrogens (tertiary/aromatic N) is 6. The second-order valence-electron chi connectivity index (χ2n) is 7.10. The van der Waals surface area contributed by atoms with Crippen LogP contribution in [0.25, 0.3) is 20.7 Å². The maximum atomic E-state index is 6.03. The molecule has 0 spiro atoms. The number of thiophene rings is 1. The van der Waals surface area contributed by atoms with Gasteiger partial charge in [-0.05, 0) is 42.5 Å². The van der Waals surface area contributed by atoms with Crippen molar-refractivity contribution in [3.05, 3.63) is 54.3 Å². The first kappa shape index (κ1) is 17.6. The summed E-state index contributed by atoms with van der Waals surface area (Å²) >= 11 is 7.78. The summed E-state index contributed by atoms with van der Waals surface area (Å²) in [6.45, 7) is 2.89. The Labute approximate surface area is 171 Å². The molecule has 0 amide bonds. The van der Waals surface area contributed by atoms with E-state index in [4.69, 9.17) is 11.6 Å². The first-order chi connectivity index (χ1) is 13.8. The Balaban J connectivity index is 1.44. The number of halogens is 1. The third-order valence-electron chi connectivity index (χ3n) is 5.15. The standard InChI is InChI=1S/C20H19ClN6S/c21-16-5-3-15(4-6-16)18-8-17-19(28-18)20(24-12-23-17)26-7-1-2-14(9-26)10-27-13-22-11-25-27/h3-6,8,11-14H,1-2,7,9-10H2. The predicted octanol–water partition coefficient (Wildman–Crippen LogP) is 4.52. The third kappa shape index (κ3) is 3.47. The SMILES string of the molecule is Clc1ccc(-c2cc3ncnc(N4CCCC(Cn5cncn5)C4)c3s2)cc1. The van der Waals surface area contributed by atoms with Crippen molar-refractivity contribution in [1.29, 1.82) is 0 Å². The van der Waals surface area contributed by atoms with E-state index in [-0.39, 0.29) is 0 Å². The van der Waals surface area contributed by atoms with Gasteiger partial charge in [-0.2, -0.15) is 5.10 Å². The first-order valence-corrected chi connectivity index (χ1v) is 10.5. The molecular formula is C20H19ClN6S. The summed E-state index contributed by atoms with van der Waals surface area (Å²) in [5, 5.41) is 5.00. The second kappa shape index (κ2) is 7.48. The lowest BCUT2D eigenvalue weighted by Crippen LogP contribution is -2.37. The van der Waals surface area contributed by atoms with Crippen molar-refractivity contribution >= 4 is 39.0 Å². The monoisotopic (exact) mass is 410 g/mol. The van der Waals surface area contributed by atoms with Gasteiger partial charge in [0.25, 0.3) is 0 Å². The summed E-state index contributed by atoms with van der Waals surface area (Å²) in [6, 6.07) is 10.1. The topological polar surface area (TPSA) is 59.7 Å². The van der Waals surface area contributed by atoms with Crippen LogP contribution in [-0.4, -0.2) is 37.8 Å². The van der Waals surface area contributed by atoms with E-state index in [9.17, 15) is 0 Å². The van der Waals surface area contributed by atoms with Crippen LogP contribution in [0.2, 0.25) is 5.02 Å². The zero-order valence-electron chi connectivity index (χ0n) is 15.2. The summed E-state index contributed by atoms with van der Waals surface area (Å²) in [4.78, 5) is 16.8. The molecule has 1 aliphatic heterocycles. The van der Waals surface area contributed by atoms with E-state index in [1.54, 1.807) is 30.3 Å². The van der Waals surface area contributed by atoms with Crippen molar-refractivity contribution in [3.63, 3.8) is 0 Å². The highest BCUT2D eigenvalue weighted by Gasteiger charge is 2.24. The number of piperidine rings is 1. The fraction of sp³-hybridized carbons (Fsp3) is 0.300. The number of anilines is 1. The Hall–Kier alpha value is -2.51. The molecule has 0 radical (unpaired) electrons. The van der Waals surface area contributed by atoms with Crippen LogP contribution in [0, 0.1) is 5.92 Å². The molecule has 5 rings (SSSR count). The van der Waals surface area contributed by atoms with E-state index < -0.39 is 0 Å². The maximum absolute atomic E-state index is 6.03. The fourth-order valence-electron chi connectivity index (χ4n) is 3.82. The van der Waals surface area contributed by atoms with Crippen molar-refractivity contribution < 1.29 is 0 Å². The molecule has 6 nitrogen and oxygen atoms in total. The number of fused-ring (bicyclic) bond motifs is 1. The van der Waals surface area contributed by atoms with Gasteiger partial charge in [0.1, 0.15) is 24.8 Å². The zero-order valence-corrected chi connectivity index (χ0v) is 16.8. The van der Waals surface area contributed by atoms with Gasteiger partial charge in [-0.1, -0.05) is 23.7 Å². The van der Waals surface area contributed by atoms with Gasteiger partial charge in [0.2, 0.25) is 0 Å². The van der Waals surface area contributed by atoms with E-state index in [1.165, 1.54) is 11.3 Å². The molecule has 28 heavy (non-hydrogen) atoms. The third-order valence-corrected chi connectivity index (χ3v) is 6.57. The molecule has 1 fully saturated rings. The van der Waals surface area contributed by atoms with E-state index in [1.807, 2.05) is 16.8 Å². The molecule has 1 unspecified atom stereocenters. The van der Waals surface area contributed by atoms with Gasteiger partial charge >= 0.3 is 0 Å². The van der Waals surface area contributed by atoms with Crippen LogP contribution in [0.1, 0.15) is 12.8 Å². The van der Waals surface area contributed by atoms with Gasteiger partial charge in [0.05, 0.1) is 10.2 Å². The van der Waals surface area contributed by atoms with Gasteiger partial charge in [-0.3, -0.25) is 4.68 Å². The summed E-state index contributed by atoms with van der Waals surface area (Å²) in [7, 11) is 0. The minimum absolute atomic E-state index is 0.538. The highest BCUT2D eigenvalue weighted by Crippen LogP contribution is 2.38. The summed E-state index contributed by atoms with van der Waals surface area (Å²) < 4.78 is 3.07. The van der Waals surface area contributed by atoms with Crippen LogP contribution in [-0.2, 0) is 6.54 Å². The van der Waals surface area contributed by atoms with Gasteiger partial charge in [-0.15, -0.1) is 11.3 Å². The Morgan fingerprint density at radius 3 is 2.86 bits per heavy atom. The minimum atomic E-state index is 0.538. The van der Waals surface area contributed by atoms with Crippen molar-refractivity contribution in [3.8, 4) is 10.4 Å². The molecule has 4 aromatic rings. The Kier molecular flexibility index (Phi) is 4.70. The van der Waals surface area contributed by atoms with E-state index in [2.05, 4.69) is 43.1 Å². The lowest BCUT2D eigenvalue weighted by Gasteiger charge is -2.33. The van der Waals surface area contributed by atoms with Crippen molar-refractivity contribution in [2.75, 3.05) is 18.0 Å². The lowest BCUT2D eigenvalue weighted by molar-refractivity contribution is 0.351. The number of hydrogen-bond donors (Lipinski definition) is 0. The van der Waals surface area contributed by atoms with Crippen LogP contribution < -0.4 is 4.90 Å². The molecule has 1 aliphatic rings. The lowest BCUT2D eigenvalue weighted by atomic mass is 9.98. The van der Waals surface area contributed by atoms with Crippen LogP contribution in [0.4, 0.5) is 5.82 Å². The van der Waals surface area contributed by atoms with Crippen LogP contribution in [0.3, 0.4) is 0 Å². The molecular weight excluding hydrogens is 392 g/mol. The van der Waals surface area contributed by atoms with Crippen molar-refractivity contribution in [1.82, 2.24) is 24.7 Å². The second-order valence-corrected chi connectivity index (χ2v) is 8.59. The molecule has 142 valence electrons. The maximum Gasteiger partial charge on any atom is 0.150 e. The molecule has 0 saturated carbocycles. The molecule has 4 heterocycles. The largest absolute Gasteiger partial charge is 0.355 e. The van der Waals surface area contributed by atoms with Crippen LogP contribution >= 0.6 is 22.9 Å². The van der Waals surface area contributed by atoms with Crippen LogP contribution in [0.5, 0.6) is 0 Å². The van der Waals surface area contributed by atoms with Gasteiger partial charge in [0.15, 0.2) is 0 Å². The summed E-state index contributed by atoms with van der Waals surface area (Å²) in [5.41, 5.74) is 2.15. The Morgan fingerprint density at radius 1 is 1.14 bits per heavy atom. The van der Waals surface area contributed by atoms with Gasteiger partial charge < -0.3 is 4.90 Å². The smallest absolute Gasteiger partial charge is 0.150 e. The Morgan fingerprint density at radius 2 is 2.04 bits per heavy atom. The number of benzene rings is 1. The van der Waals surface area contributed by atoms with Gasteiger partial charge in [-0.25, -0.2) is 15.0 Å². The number of rotatable bonds is 4. The normalized spacial score (nSPS) is 17.3. The predicted molar refractivity (Wildman–Crippen MR) is 113 cm³/mol.